The highest BCUT2D eigenvalue weighted by Gasteiger charge is 2.19. The van der Waals surface area contributed by atoms with Gasteiger partial charge in [0.05, 0.1) is 5.69 Å². The molecule has 0 atom stereocenters. The summed E-state index contributed by atoms with van der Waals surface area (Å²) < 4.78 is 27.2. The van der Waals surface area contributed by atoms with E-state index in [1.807, 2.05) is 30.3 Å². The van der Waals surface area contributed by atoms with Gasteiger partial charge < -0.3 is 9.80 Å². The van der Waals surface area contributed by atoms with Gasteiger partial charge in [-0.15, -0.1) is 0 Å². The molecule has 2 heterocycles. The molecule has 1 aliphatic heterocycles. The summed E-state index contributed by atoms with van der Waals surface area (Å²) in [5.74, 6) is -0.359. The van der Waals surface area contributed by atoms with Crippen LogP contribution >= 0.6 is 0 Å². The van der Waals surface area contributed by atoms with E-state index in [9.17, 15) is 8.78 Å². The molecule has 0 radical (unpaired) electrons. The third-order valence-corrected chi connectivity index (χ3v) is 4.67. The molecule has 0 N–H and O–H groups in total. The van der Waals surface area contributed by atoms with Gasteiger partial charge >= 0.3 is 0 Å². The van der Waals surface area contributed by atoms with Crippen LogP contribution in [0, 0.1) is 11.6 Å². The van der Waals surface area contributed by atoms with Crippen molar-refractivity contribution in [3.63, 3.8) is 0 Å². The summed E-state index contributed by atoms with van der Waals surface area (Å²) in [5, 5.41) is 0. The molecule has 132 valence electrons. The molecule has 5 heteroatoms. The van der Waals surface area contributed by atoms with Crippen LogP contribution in [0.4, 0.5) is 20.3 Å². The molecule has 0 saturated carbocycles. The zero-order valence-electron chi connectivity index (χ0n) is 14.3. The van der Waals surface area contributed by atoms with Crippen molar-refractivity contribution in [1.29, 1.82) is 0 Å². The van der Waals surface area contributed by atoms with Crippen LogP contribution in [0.15, 0.2) is 66.7 Å². The van der Waals surface area contributed by atoms with Crippen molar-refractivity contribution in [2.45, 2.75) is 0 Å². The second-order valence-corrected chi connectivity index (χ2v) is 6.31. The van der Waals surface area contributed by atoms with E-state index in [1.165, 1.54) is 17.8 Å². The number of pyridine rings is 1. The van der Waals surface area contributed by atoms with Crippen LogP contribution in [-0.4, -0.2) is 31.2 Å². The molecule has 0 aliphatic carbocycles. The lowest BCUT2D eigenvalue weighted by Crippen LogP contribution is -2.46. The molecule has 2 aromatic carbocycles. The van der Waals surface area contributed by atoms with Crippen molar-refractivity contribution in [3.8, 4) is 11.3 Å². The number of aromatic nitrogens is 1. The Kier molecular flexibility index (Phi) is 4.52. The first-order valence-electron chi connectivity index (χ1n) is 8.68. The Balaban J connectivity index is 1.51. The van der Waals surface area contributed by atoms with Gasteiger partial charge in [0.25, 0.3) is 0 Å². The monoisotopic (exact) mass is 351 g/mol. The predicted molar refractivity (Wildman–Crippen MR) is 100 cm³/mol. The van der Waals surface area contributed by atoms with E-state index in [0.717, 1.165) is 38.1 Å². The van der Waals surface area contributed by atoms with Gasteiger partial charge in [-0.2, -0.15) is 0 Å². The van der Waals surface area contributed by atoms with Crippen LogP contribution in [0.25, 0.3) is 11.3 Å². The number of piperazine rings is 1. The highest BCUT2D eigenvalue weighted by Crippen LogP contribution is 2.25. The summed E-state index contributed by atoms with van der Waals surface area (Å²) in [4.78, 5) is 9.15. The minimum absolute atomic E-state index is 0.316. The average molecular weight is 351 g/mol. The van der Waals surface area contributed by atoms with Gasteiger partial charge in [-0.1, -0.05) is 24.3 Å². The van der Waals surface area contributed by atoms with Gasteiger partial charge in [0.2, 0.25) is 0 Å². The lowest BCUT2D eigenvalue weighted by molar-refractivity contribution is 0.585. The molecule has 1 saturated heterocycles. The van der Waals surface area contributed by atoms with Crippen LogP contribution in [0.3, 0.4) is 0 Å². The highest BCUT2D eigenvalue weighted by molar-refractivity contribution is 5.62. The Labute approximate surface area is 151 Å². The molecule has 1 aliphatic rings. The minimum Gasteiger partial charge on any atom is -0.368 e. The number of hydrogen-bond donors (Lipinski definition) is 0. The Bertz CT molecular complexity index is 891. The molecule has 0 spiro atoms. The fourth-order valence-electron chi connectivity index (χ4n) is 3.28. The third kappa shape index (κ3) is 3.38. The summed E-state index contributed by atoms with van der Waals surface area (Å²) in [7, 11) is 0. The first-order valence-corrected chi connectivity index (χ1v) is 8.68. The predicted octanol–water partition coefficient (Wildman–Crippen LogP) is 4.35. The first kappa shape index (κ1) is 16.5. The number of para-hydroxylation sites is 1. The van der Waals surface area contributed by atoms with Gasteiger partial charge in [-0.05, 0) is 36.4 Å². The van der Waals surface area contributed by atoms with Crippen molar-refractivity contribution in [2.75, 3.05) is 36.0 Å². The van der Waals surface area contributed by atoms with Crippen molar-refractivity contribution in [2.24, 2.45) is 0 Å². The Morgan fingerprint density at radius 3 is 2.19 bits per heavy atom. The maximum Gasteiger partial charge on any atom is 0.135 e. The number of halogens is 2. The maximum atomic E-state index is 14.0. The number of hydrogen-bond acceptors (Lipinski definition) is 3. The summed E-state index contributed by atoms with van der Waals surface area (Å²) in [6.45, 7) is 3.50. The molecule has 3 aromatic rings. The lowest BCUT2D eigenvalue weighted by atomic mass is 10.1. The Morgan fingerprint density at radius 1 is 0.731 bits per heavy atom. The molecule has 0 unspecified atom stereocenters. The Morgan fingerprint density at radius 2 is 1.46 bits per heavy atom. The fraction of sp³-hybridized carbons (Fsp3) is 0.190. The second-order valence-electron chi connectivity index (χ2n) is 6.31. The largest absolute Gasteiger partial charge is 0.368 e. The first-order chi connectivity index (χ1) is 12.7. The third-order valence-electron chi connectivity index (χ3n) is 4.67. The molecular formula is C21H19F2N3. The van der Waals surface area contributed by atoms with Crippen LogP contribution in [0.5, 0.6) is 0 Å². The smallest absolute Gasteiger partial charge is 0.135 e. The normalized spacial score (nSPS) is 14.5. The van der Waals surface area contributed by atoms with Crippen molar-refractivity contribution < 1.29 is 8.78 Å². The van der Waals surface area contributed by atoms with Crippen LogP contribution in [0.1, 0.15) is 0 Å². The van der Waals surface area contributed by atoms with Crippen LogP contribution in [-0.2, 0) is 0 Å². The quantitative estimate of drug-likeness (QED) is 0.699. The van der Waals surface area contributed by atoms with E-state index in [1.54, 1.807) is 6.07 Å². The molecule has 4 rings (SSSR count). The molecular weight excluding hydrogens is 332 g/mol. The number of rotatable bonds is 3. The maximum absolute atomic E-state index is 14.0. The summed E-state index contributed by atoms with van der Waals surface area (Å²) in [6, 6.07) is 19.5. The van der Waals surface area contributed by atoms with Gasteiger partial charge in [-0.25, -0.2) is 13.8 Å². The number of nitrogens with zero attached hydrogens (tertiary/aromatic N) is 3. The number of benzene rings is 2. The Hall–Kier alpha value is -2.95. The van der Waals surface area contributed by atoms with Gasteiger partial charge in [0.1, 0.15) is 17.5 Å². The zero-order chi connectivity index (χ0) is 17.9. The van der Waals surface area contributed by atoms with E-state index in [-0.39, 0.29) is 0 Å². The molecule has 3 nitrogen and oxygen atoms in total. The molecule has 1 aromatic heterocycles. The van der Waals surface area contributed by atoms with E-state index < -0.39 is 11.6 Å². The second kappa shape index (κ2) is 7.12. The van der Waals surface area contributed by atoms with Crippen LogP contribution < -0.4 is 9.80 Å². The van der Waals surface area contributed by atoms with Gasteiger partial charge in [0.15, 0.2) is 0 Å². The average Bonchev–Trinajstić information content (AvgIpc) is 2.69. The standard InChI is InChI=1S/C21H19F2N3/c22-16-9-10-18(19(23)15-16)20-7-4-8-21(24-20)26-13-11-25(12-14-26)17-5-2-1-3-6-17/h1-10,15H,11-14H2. The van der Waals surface area contributed by atoms with Gasteiger partial charge in [-0.3, -0.25) is 0 Å². The summed E-state index contributed by atoms with van der Waals surface area (Å²) in [6.07, 6.45) is 0. The van der Waals surface area contributed by atoms with E-state index in [2.05, 4.69) is 26.9 Å². The zero-order valence-corrected chi connectivity index (χ0v) is 14.3. The van der Waals surface area contributed by atoms with Crippen molar-refractivity contribution >= 4 is 11.5 Å². The van der Waals surface area contributed by atoms with Crippen LogP contribution in [0.2, 0.25) is 0 Å². The van der Waals surface area contributed by atoms with Crippen molar-refractivity contribution in [3.05, 3.63) is 78.4 Å². The van der Waals surface area contributed by atoms with E-state index in [0.29, 0.717) is 11.3 Å². The number of anilines is 2. The molecule has 0 amide bonds. The molecule has 1 fully saturated rings. The summed E-state index contributed by atoms with van der Waals surface area (Å²) in [5.41, 5.74) is 2.06. The van der Waals surface area contributed by atoms with E-state index >= 15 is 0 Å². The molecule has 26 heavy (non-hydrogen) atoms. The molecule has 0 bridgehead atoms. The lowest BCUT2D eigenvalue weighted by Gasteiger charge is -2.36. The SMILES string of the molecule is Fc1ccc(-c2cccc(N3CCN(c4ccccc4)CC3)n2)c(F)c1. The van der Waals surface area contributed by atoms with Crippen molar-refractivity contribution in [1.82, 2.24) is 4.98 Å². The van der Waals surface area contributed by atoms with Gasteiger partial charge in [0, 0.05) is 43.5 Å². The minimum atomic E-state index is -0.594. The topological polar surface area (TPSA) is 19.4 Å². The highest BCUT2D eigenvalue weighted by atomic mass is 19.1. The van der Waals surface area contributed by atoms with E-state index in [4.69, 9.17) is 0 Å². The summed E-state index contributed by atoms with van der Waals surface area (Å²) >= 11 is 0. The fourth-order valence-corrected chi connectivity index (χ4v) is 3.28.